The molecule has 6 nitrogen and oxygen atoms in total. The number of hydrogen-bond donors (Lipinski definition) is 1. The van der Waals surface area contributed by atoms with Crippen molar-refractivity contribution >= 4 is 30.2 Å². The number of nitrogens with one attached hydrogen (secondary N) is 1. The Kier molecular flexibility index (Phi) is 6.78. The summed E-state index contributed by atoms with van der Waals surface area (Å²) in [7, 11) is -0.599. The van der Waals surface area contributed by atoms with Gasteiger partial charge in [0.2, 0.25) is 0 Å². The highest BCUT2D eigenvalue weighted by atomic mass is 16.7. The predicted octanol–water partition coefficient (Wildman–Crippen LogP) is 5.48. The molecular weight excluding hydrogens is 427 g/mol. The maximum Gasteiger partial charge on any atom is 0.492 e. The van der Waals surface area contributed by atoms with Gasteiger partial charge in [-0.15, -0.1) is 0 Å². The van der Waals surface area contributed by atoms with Gasteiger partial charge in [-0.05, 0) is 62.8 Å². The summed E-state index contributed by atoms with van der Waals surface area (Å²) >= 11 is 0. The van der Waals surface area contributed by atoms with E-state index in [2.05, 4.69) is 16.4 Å². The first kappa shape index (κ1) is 24.0. The Hall–Kier alpha value is -3.16. The van der Waals surface area contributed by atoms with Crippen LogP contribution in [-0.4, -0.2) is 35.9 Å². The number of aromatic nitrogens is 1. The highest BCUT2D eigenvalue weighted by Crippen LogP contribution is 2.39. The molecule has 1 aromatic heterocycles. The Balaban J connectivity index is 1.56. The van der Waals surface area contributed by atoms with E-state index in [4.69, 9.17) is 14.0 Å². The van der Waals surface area contributed by atoms with Crippen LogP contribution in [0.2, 0.25) is 0 Å². The van der Waals surface area contributed by atoms with Gasteiger partial charge < -0.3 is 19.4 Å². The van der Waals surface area contributed by atoms with Crippen LogP contribution in [0.5, 0.6) is 0 Å². The quantitative estimate of drug-likeness (QED) is 0.495. The molecule has 1 aliphatic rings. The summed E-state index contributed by atoms with van der Waals surface area (Å²) in [6.45, 7) is 10.5. The minimum atomic E-state index is -0.599. The molecule has 0 unspecified atom stereocenters. The Labute approximate surface area is 201 Å². The molecule has 7 heteroatoms. The largest absolute Gasteiger partial charge is 0.492 e. The van der Waals surface area contributed by atoms with Crippen molar-refractivity contribution in [3.63, 3.8) is 0 Å². The van der Waals surface area contributed by atoms with Crippen molar-refractivity contribution in [1.29, 1.82) is 0 Å². The summed E-state index contributed by atoms with van der Waals surface area (Å²) in [4.78, 5) is 17.0. The number of fused-ring (bicyclic) bond motifs is 1. The smallest absolute Gasteiger partial charge is 0.445 e. The van der Waals surface area contributed by atoms with Crippen LogP contribution in [-0.2, 0) is 20.7 Å². The predicted molar refractivity (Wildman–Crippen MR) is 135 cm³/mol. The van der Waals surface area contributed by atoms with E-state index in [9.17, 15) is 4.79 Å². The van der Waals surface area contributed by atoms with Crippen molar-refractivity contribution in [2.45, 2.75) is 52.4 Å². The fraction of sp³-hybridized carbons (Fsp3) is 0.333. The molecule has 0 bridgehead atoms. The van der Waals surface area contributed by atoms with Crippen LogP contribution in [0.1, 0.15) is 44.4 Å². The molecule has 0 spiro atoms. The molecule has 0 aliphatic carbocycles. The lowest BCUT2D eigenvalue weighted by Gasteiger charge is -2.32. The minimum Gasteiger partial charge on any atom is -0.445 e. The van der Waals surface area contributed by atoms with Gasteiger partial charge in [-0.2, -0.15) is 0 Å². The second-order valence-corrected chi connectivity index (χ2v) is 9.58. The fourth-order valence-corrected chi connectivity index (χ4v) is 3.81. The van der Waals surface area contributed by atoms with E-state index in [0.29, 0.717) is 0 Å². The summed E-state index contributed by atoms with van der Waals surface area (Å²) in [5.74, 6) is 0. The van der Waals surface area contributed by atoms with Gasteiger partial charge in [0.15, 0.2) is 0 Å². The SMILES string of the molecule is Cc1c(C=C(CNC(=O)OCc2ccccc2)B2OC(C)(C)C(C)(C)O2)ccc2cccnc12. The van der Waals surface area contributed by atoms with Crippen LogP contribution >= 0.6 is 0 Å². The van der Waals surface area contributed by atoms with E-state index in [-0.39, 0.29) is 13.2 Å². The topological polar surface area (TPSA) is 69.7 Å². The van der Waals surface area contributed by atoms with E-state index < -0.39 is 24.4 Å². The molecule has 0 radical (unpaired) electrons. The molecule has 3 aromatic rings. The molecule has 0 atom stereocenters. The van der Waals surface area contributed by atoms with E-state index in [0.717, 1.165) is 33.1 Å². The normalized spacial score (nSPS) is 17.1. The Morgan fingerprint density at radius 3 is 2.44 bits per heavy atom. The van der Waals surface area contributed by atoms with E-state index in [1.165, 1.54) is 0 Å². The summed E-state index contributed by atoms with van der Waals surface area (Å²) in [5, 5.41) is 3.94. The standard InChI is InChI=1S/C27H31BN2O4/c1-19-22(14-13-21-12-9-15-29-24(19)21)16-23(28-33-26(2,3)27(4,5)34-28)17-30-25(31)32-18-20-10-7-6-8-11-20/h6-16H,17-18H2,1-5H3,(H,30,31). The Morgan fingerprint density at radius 2 is 1.74 bits per heavy atom. The lowest BCUT2D eigenvalue weighted by molar-refractivity contribution is 0.00578. The number of amides is 1. The lowest BCUT2D eigenvalue weighted by Crippen LogP contribution is -2.41. The number of benzene rings is 2. The third kappa shape index (κ3) is 5.16. The van der Waals surface area contributed by atoms with E-state index in [1.807, 2.05) is 89.2 Å². The minimum absolute atomic E-state index is 0.206. The van der Waals surface area contributed by atoms with Gasteiger partial charge in [-0.3, -0.25) is 4.98 Å². The van der Waals surface area contributed by atoms with E-state index >= 15 is 0 Å². The summed E-state index contributed by atoms with van der Waals surface area (Å²) in [6, 6.07) is 17.7. The van der Waals surface area contributed by atoms with Crippen LogP contribution in [0.3, 0.4) is 0 Å². The summed E-state index contributed by atoms with van der Waals surface area (Å²) in [6.07, 6.45) is 3.31. The zero-order valence-corrected chi connectivity index (χ0v) is 20.4. The van der Waals surface area contributed by atoms with Gasteiger partial charge in [0.25, 0.3) is 0 Å². The monoisotopic (exact) mass is 458 g/mol. The van der Waals surface area contributed by atoms with Crippen molar-refractivity contribution in [2.24, 2.45) is 0 Å². The van der Waals surface area contributed by atoms with Gasteiger partial charge in [-0.25, -0.2) is 4.79 Å². The first-order chi connectivity index (χ1) is 16.2. The lowest BCUT2D eigenvalue weighted by atomic mass is 9.76. The van der Waals surface area contributed by atoms with Crippen molar-refractivity contribution in [3.8, 4) is 0 Å². The second kappa shape index (κ2) is 9.61. The third-order valence-corrected chi connectivity index (χ3v) is 6.62. The Morgan fingerprint density at radius 1 is 1.03 bits per heavy atom. The van der Waals surface area contributed by atoms with Crippen LogP contribution < -0.4 is 5.32 Å². The summed E-state index contributed by atoms with van der Waals surface area (Å²) in [5.41, 5.74) is 3.73. The van der Waals surface area contributed by atoms with Crippen LogP contribution in [0.15, 0.2) is 66.3 Å². The first-order valence-corrected chi connectivity index (χ1v) is 11.5. The molecule has 2 aromatic carbocycles. The van der Waals surface area contributed by atoms with Gasteiger partial charge in [0.1, 0.15) is 6.61 Å². The van der Waals surface area contributed by atoms with Crippen LogP contribution in [0, 0.1) is 6.92 Å². The number of alkyl carbamates (subject to hydrolysis) is 1. The van der Waals surface area contributed by atoms with Crippen molar-refractivity contribution in [2.75, 3.05) is 6.54 Å². The Bertz CT molecular complexity index is 1190. The summed E-state index contributed by atoms with van der Waals surface area (Å²) < 4.78 is 18.0. The zero-order valence-electron chi connectivity index (χ0n) is 20.4. The van der Waals surface area contributed by atoms with Gasteiger partial charge in [0, 0.05) is 18.1 Å². The van der Waals surface area contributed by atoms with Gasteiger partial charge in [-0.1, -0.05) is 54.6 Å². The fourth-order valence-electron chi connectivity index (χ4n) is 3.81. The number of carbonyl (C=O) groups excluding carboxylic acids is 1. The van der Waals surface area contributed by atoms with Crippen molar-refractivity contribution < 1.29 is 18.8 Å². The van der Waals surface area contributed by atoms with Crippen molar-refractivity contribution in [1.82, 2.24) is 10.3 Å². The number of aryl methyl sites for hydroxylation is 1. The molecule has 4 rings (SSSR count). The molecule has 1 aliphatic heterocycles. The van der Waals surface area contributed by atoms with Crippen LogP contribution in [0.25, 0.3) is 17.0 Å². The molecule has 2 heterocycles. The van der Waals surface area contributed by atoms with Crippen LogP contribution in [0.4, 0.5) is 4.79 Å². The molecule has 1 N–H and O–H groups in total. The maximum atomic E-state index is 12.4. The molecule has 1 amide bonds. The molecule has 176 valence electrons. The zero-order chi connectivity index (χ0) is 24.3. The number of nitrogens with zero attached hydrogens (tertiary/aromatic N) is 1. The number of rotatable bonds is 6. The van der Waals surface area contributed by atoms with E-state index in [1.54, 1.807) is 6.20 Å². The first-order valence-electron chi connectivity index (χ1n) is 11.5. The van der Waals surface area contributed by atoms with Gasteiger partial charge >= 0.3 is 13.2 Å². The second-order valence-electron chi connectivity index (χ2n) is 9.58. The van der Waals surface area contributed by atoms with Crippen molar-refractivity contribution in [3.05, 3.63) is 83.0 Å². The average molecular weight is 458 g/mol. The highest BCUT2D eigenvalue weighted by Gasteiger charge is 2.52. The highest BCUT2D eigenvalue weighted by molar-refractivity contribution is 6.56. The average Bonchev–Trinajstić information content (AvgIpc) is 3.04. The number of hydrogen-bond acceptors (Lipinski definition) is 5. The number of carbonyl (C=O) groups is 1. The molecule has 34 heavy (non-hydrogen) atoms. The third-order valence-electron chi connectivity index (χ3n) is 6.62. The maximum absolute atomic E-state index is 12.4. The molecule has 1 saturated heterocycles. The molecule has 0 saturated carbocycles. The molecular formula is C27H31BN2O4. The van der Waals surface area contributed by atoms with Gasteiger partial charge in [0.05, 0.1) is 16.7 Å². The number of pyridine rings is 1. The molecule has 1 fully saturated rings. The number of ether oxygens (including phenoxy) is 1.